The van der Waals surface area contributed by atoms with Crippen LogP contribution in [-0.4, -0.2) is 51.6 Å². The molecule has 0 N–H and O–H groups in total. The Morgan fingerprint density at radius 1 is 1.17 bits per heavy atom. The van der Waals surface area contributed by atoms with Crippen molar-refractivity contribution < 1.29 is 4.79 Å². The Morgan fingerprint density at radius 2 is 1.91 bits per heavy atom. The number of likely N-dealkylation sites (tertiary alicyclic amines) is 1. The number of hydrogen-bond donors (Lipinski definition) is 0. The van der Waals surface area contributed by atoms with Crippen LogP contribution >= 0.6 is 11.3 Å². The summed E-state index contributed by atoms with van der Waals surface area (Å²) in [6, 6.07) is 0. The van der Waals surface area contributed by atoms with Crippen LogP contribution in [0.2, 0.25) is 0 Å². The van der Waals surface area contributed by atoms with E-state index in [0.717, 1.165) is 54.8 Å². The average Bonchev–Trinajstić information content (AvgIpc) is 3.12. The highest BCUT2D eigenvalue weighted by atomic mass is 32.1. The van der Waals surface area contributed by atoms with Crippen molar-refractivity contribution in [3.05, 3.63) is 11.9 Å². The SMILES string of the molecule is Cc1cn2nc(N3CCC(C(=O)N4CCCCC4)CC3)sc2n1. The molecule has 6 nitrogen and oxygen atoms in total. The zero-order chi connectivity index (χ0) is 15.8. The first-order chi connectivity index (χ1) is 11.2. The van der Waals surface area contributed by atoms with Crippen molar-refractivity contribution in [3.8, 4) is 0 Å². The number of hydrogen-bond acceptors (Lipinski definition) is 5. The lowest BCUT2D eigenvalue weighted by molar-refractivity contribution is -0.137. The van der Waals surface area contributed by atoms with Gasteiger partial charge in [-0.25, -0.2) is 9.50 Å². The second-order valence-electron chi connectivity index (χ2n) is 6.64. The molecule has 0 unspecified atom stereocenters. The highest BCUT2D eigenvalue weighted by Gasteiger charge is 2.30. The largest absolute Gasteiger partial charge is 0.347 e. The second kappa shape index (κ2) is 6.11. The first-order valence-corrected chi connectivity index (χ1v) is 9.39. The third-order valence-electron chi connectivity index (χ3n) is 4.94. The number of piperidine rings is 2. The molecule has 124 valence electrons. The summed E-state index contributed by atoms with van der Waals surface area (Å²) in [5.41, 5.74) is 1.00. The lowest BCUT2D eigenvalue weighted by Crippen LogP contribution is -2.44. The van der Waals surface area contributed by atoms with Crippen LogP contribution in [0.25, 0.3) is 4.96 Å². The maximum Gasteiger partial charge on any atom is 0.225 e. The molecule has 0 bridgehead atoms. The summed E-state index contributed by atoms with van der Waals surface area (Å²) < 4.78 is 1.86. The van der Waals surface area contributed by atoms with Gasteiger partial charge in [0.2, 0.25) is 16.0 Å². The van der Waals surface area contributed by atoms with Gasteiger partial charge < -0.3 is 9.80 Å². The van der Waals surface area contributed by atoms with Gasteiger partial charge >= 0.3 is 0 Å². The Labute approximate surface area is 140 Å². The van der Waals surface area contributed by atoms with E-state index in [4.69, 9.17) is 0 Å². The van der Waals surface area contributed by atoms with Gasteiger partial charge in [-0.3, -0.25) is 4.79 Å². The molecular formula is C16H23N5OS. The van der Waals surface area contributed by atoms with Crippen LogP contribution in [0.1, 0.15) is 37.8 Å². The van der Waals surface area contributed by atoms with E-state index >= 15 is 0 Å². The molecule has 0 atom stereocenters. The Kier molecular flexibility index (Phi) is 3.97. The molecule has 0 radical (unpaired) electrons. The molecule has 2 aromatic rings. The van der Waals surface area contributed by atoms with Gasteiger partial charge in [0.1, 0.15) is 0 Å². The van der Waals surface area contributed by atoms with E-state index in [-0.39, 0.29) is 5.92 Å². The molecule has 0 aliphatic carbocycles. The fraction of sp³-hybridized carbons (Fsp3) is 0.688. The van der Waals surface area contributed by atoms with Crippen LogP contribution in [0.3, 0.4) is 0 Å². The molecular weight excluding hydrogens is 310 g/mol. The summed E-state index contributed by atoms with van der Waals surface area (Å²) in [7, 11) is 0. The van der Waals surface area contributed by atoms with Crippen LogP contribution < -0.4 is 4.90 Å². The molecule has 0 aromatic carbocycles. The zero-order valence-electron chi connectivity index (χ0n) is 13.6. The van der Waals surface area contributed by atoms with Gasteiger partial charge in [-0.15, -0.1) is 5.10 Å². The maximum atomic E-state index is 12.6. The zero-order valence-corrected chi connectivity index (χ0v) is 14.4. The number of anilines is 1. The van der Waals surface area contributed by atoms with Gasteiger partial charge in [0.05, 0.1) is 11.9 Å². The molecule has 4 heterocycles. The van der Waals surface area contributed by atoms with Gasteiger partial charge in [-0.1, -0.05) is 11.3 Å². The lowest BCUT2D eigenvalue weighted by atomic mass is 9.94. The molecule has 2 saturated heterocycles. The van der Waals surface area contributed by atoms with Gasteiger partial charge in [-0.2, -0.15) is 0 Å². The van der Waals surface area contributed by atoms with E-state index in [1.54, 1.807) is 11.3 Å². The maximum absolute atomic E-state index is 12.6. The van der Waals surface area contributed by atoms with Crippen molar-refractivity contribution in [1.82, 2.24) is 19.5 Å². The Morgan fingerprint density at radius 3 is 2.61 bits per heavy atom. The standard InChI is InChI=1S/C16H23N5OS/c1-12-11-21-15(17-12)23-16(18-21)20-9-5-13(6-10-20)14(22)19-7-3-2-4-8-19/h11,13H,2-10H2,1H3. The minimum atomic E-state index is 0.204. The number of aromatic nitrogens is 3. The van der Waals surface area contributed by atoms with Crippen molar-refractivity contribution in [2.75, 3.05) is 31.1 Å². The van der Waals surface area contributed by atoms with E-state index in [0.29, 0.717) is 5.91 Å². The van der Waals surface area contributed by atoms with Crippen LogP contribution in [0.4, 0.5) is 5.13 Å². The summed E-state index contributed by atoms with van der Waals surface area (Å²) in [6.45, 7) is 5.74. The first kappa shape index (κ1) is 14.9. The minimum Gasteiger partial charge on any atom is -0.347 e. The van der Waals surface area contributed by atoms with E-state index in [1.807, 2.05) is 17.6 Å². The van der Waals surface area contributed by atoms with Gasteiger partial charge in [0.15, 0.2) is 0 Å². The predicted octanol–water partition coefficient (Wildman–Crippen LogP) is 2.33. The number of aryl methyl sites for hydroxylation is 1. The van der Waals surface area contributed by atoms with Gasteiger partial charge in [-0.05, 0) is 39.0 Å². The number of imidazole rings is 1. The molecule has 2 aliphatic heterocycles. The molecule has 2 aliphatic rings. The molecule has 2 aromatic heterocycles. The fourth-order valence-electron chi connectivity index (χ4n) is 3.62. The Balaban J connectivity index is 1.38. The van der Waals surface area contributed by atoms with Crippen LogP contribution in [-0.2, 0) is 4.79 Å². The van der Waals surface area contributed by atoms with Gasteiger partial charge in [0.25, 0.3) is 0 Å². The van der Waals surface area contributed by atoms with Crippen molar-refractivity contribution >= 4 is 27.3 Å². The summed E-state index contributed by atoms with van der Waals surface area (Å²) in [4.78, 5) is 22.4. The van der Waals surface area contributed by atoms with E-state index < -0.39 is 0 Å². The summed E-state index contributed by atoms with van der Waals surface area (Å²) in [5, 5.41) is 5.64. The number of fused-ring (bicyclic) bond motifs is 1. The van der Waals surface area contributed by atoms with E-state index in [2.05, 4.69) is 19.9 Å². The highest BCUT2D eigenvalue weighted by Crippen LogP contribution is 2.29. The van der Waals surface area contributed by atoms with Crippen LogP contribution in [0.15, 0.2) is 6.20 Å². The topological polar surface area (TPSA) is 53.7 Å². The summed E-state index contributed by atoms with van der Waals surface area (Å²) in [6.07, 6.45) is 7.45. The number of rotatable bonds is 2. The molecule has 23 heavy (non-hydrogen) atoms. The quantitative estimate of drug-likeness (QED) is 0.846. The normalized spacial score (nSPS) is 20.4. The second-order valence-corrected chi connectivity index (χ2v) is 7.58. The average molecular weight is 333 g/mol. The summed E-state index contributed by atoms with van der Waals surface area (Å²) in [5.74, 6) is 0.588. The fourth-order valence-corrected chi connectivity index (χ4v) is 4.60. The lowest BCUT2D eigenvalue weighted by Gasteiger charge is -2.35. The number of carbonyl (C=O) groups excluding carboxylic acids is 1. The third kappa shape index (κ3) is 2.94. The molecule has 7 heteroatoms. The van der Waals surface area contributed by atoms with Crippen LogP contribution in [0, 0.1) is 12.8 Å². The van der Waals surface area contributed by atoms with Crippen molar-refractivity contribution in [2.24, 2.45) is 5.92 Å². The minimum absolute atomic E-state index is 0.204. The summed E-state index contributed by atoms with van der Waals surface area (Å²) >= 11 is 1.63. The number of nitrogens with zero attached hydrogens (tertiary/aromatic N) is 5. The molecule has 4 rings (SSSR count). The Bertz CT molecular complexity index is 663. The monoisotopic (exact) mass is 333 g/mol. The predicted molar refractivity (Wildman–Crippen MR) is 91.0 cm³/mol. The van der Waals surface area contributed by atoms with Gasteiger partial charge in [0, 0.05) is 32.1 Å². The third-order valence-corrected chi connectivity index (χ3v) is 5.92. The highest BCUT2D eigenvalue weighted by molar-refractivity contribution is 7.20. The van der Waals surface area contributed by atoms with E-state index in [9.17, 15) is 4.79 Å². The molecule has 0 spiro atoms. The smallest absolute Gasteiger partial charge is 0.225 e. The molecule has 2 fully saturated rings. The first-order valence-electron chi connectivity index (χ1n) is 8.57. The van der Waals surface area contributed by atoms with Crippen LogP contribution in [0.5, 0.6) is 0 Å². The number of amides is 1. The Hall–Kier alpha value is -1.63. The van der Waals surface area contributed by atoms with E-state index in [1.165, 1.54) is 19.3 Å². The molecule has 1 amide bonds. The van der Waals surface area contributed by atoms with Crippen molar-refractivity contribution in [1.29, 1.82) is 0 Å². The number of carbonyl (C=O) groups is 1. The molecule has 0 saturated carbocycles. The van der Waals surface area contributed by atoms with Crippen molar-refractivity contribution in [2.45, 2.75) is 39.0 Å². The van der Waals surface area contributed by atoms with Crippen molar-refractivity contribution in [3.63, 3.8) is 0 Å².